The number of methoxy groups -OCH3 is 3. The van der Waals surface area contributed by atoms with Gasteiger partial charge in [-0.1, -0.05) is 24.3 Å². The molecule has 0 N–H and O–H groups in total. The van der Waals surface area contributed by atoms with Gasteiger partial charge in [0.1, 0.15) is 23.7 Å². The van der Waals surface area contributed by atoms with Crippen LogP contribution in [0.5, 0.6) is 17.2 Å². The number of aromatic nitrogens is 1. The van der Waals surface area contributed by atoms with E-state index in [2.05, 4.69) is 4.90 Å². The van der Waals surface area contributed by atoms with Gasteiger partial charge in [-0.2, -0.15) is 0 Å². The van der Waals surface area contributed by atoms with Crippen LogP contribution < -0.4 is 19.8 Å². The lowest BCUT2D eigenvalue weighted by molar-refractivity contribution is 0.0592. The molecule has 8 nitrogen and oxygen atoms in total. The summed E-state index contributed by atoms with van der Waals surface area (Å²) >= 11 is 0. The molecule has 2 heterocycles. The van der Waals surface area contributed by atoms with Crippen LogP contribution in [0.1, 0.15) is 27.2 Å². The minimum absolute atomic E-state index is 0.0783. The Morgan fingerprint density at radius 3 is 2.44 bits per heavy atom. The van der Waals surface area contributed by atoms with Crippen LogP contribution in [-0.4, -0.2) is 49.9 Å². The summed E-state index contributed by atoms with van der Waals surface area (Å²) in [6.07, 6.45) is 0.444. The number of fused-ring (bicyclic) bond motifs is 1. The van der Waals surface area contributed by atoms with Crippen LogP contribution in [0.25, 0.3) is 0 Å². The molecule has 9 heteroatoms. The van der Waals surface area contributed by atoms with Crippen LogP contribution in [0.15, 0.2) is 53.3 Å². The van der Waals surface area contributed by atoms with Crippen molar-refractivity contribution in [2.24, 2.45) is 0 Å². The van der Waals surface area contributed by atoms with E-state index in [0.717, 1.165) is 5.56 Å². The van der Waals surface area contributed by atoms with Crippen molar-refractivity contribution in [1.82, 2.24) is 9.47 Å². The Hall–Kier alpha value is -3.85. The third-order valence-electron chi connectivity index (χ3n) is 6.26. The first-order valence-electron chi connectivity index (χ1n) is 11.6. The molecular weight excluding hydrogens is 467 g/mol. The summed E-state index contributed by atoms with van der Waals surface area (Å²) in [6.45, 7) is 2.27. The van der Waals surface area contributed by atoms with E-state index in [1.165, 1.54) is 25.3 Å². The van der Waals surface area contributed by atoms with Gasteiger partial charge in [-0.25, -0.2) is 9.18 Å². The molecule has 0 amide bonds. The van der Waals surface area contributed by atoms with E-state index in [1.54, 1.807) is 30.9 Å². The van der Waals surface area contributed by atoms with Crippen LogP contribution >= 0.6 is 0 Å². The number of esters is 1. The number of hydrogen-bond acceptors (Lipinski definition) is 7. The zero-order valence-corrected chi connectivity index (χ0v) is 20.6. The van der Waals surface area contributed by atoms with Crippen LogP contribution in [0.4, 0.5) is 4.39 Å². The molecule has 0 fully saturated rings. The molecule has 0 aliphatic carbocycles. The summed E-state index contributed by atoms with van der Waals surface area (Å²) in [5.74, 6) is 0.556. The molecule has 0 atom stereocenters. The van der Waals surface area contributed by atoms with E-state index < -0.39 is 5.97 Å². The molecule has 0 bridgehead atoms. The summed E-state index contributed by atoms with van der Waals surface area (Å²) in [6, 6.07) is 12.9. The van der Waals surface area contributed by atoms with Gasteiger partial charge >= 0.3 is 5.97 Å². The van der Waals surface area contributed by atoms with Crippen molar-refractivity contribution in [1.29, 1.82) is 0 Å². The van der Waals surface area contributed by atoms with Gasteiger partial charge in [0.05, 0.1) is 21.3 Å². The standard InChI is InChI=1S/C27H29FN2O6/c1-33-22-6-4-5-19(26(22)34-2)16-29-12-11-21-25(27(32)35-3)23(15-24(31)30(21)14-13-29)36-17-18-7-9-20(28)10-8-18/h4-10,15H,11-14,16-17H2,1-3H3. The second-order valence-electron chi connectivity index (χ2n) is 8.41. The van der Waals surface area contributed by atoms with E-state index in [-0.39, 0.29) is 29.3 Å². The summed E-state index contributed by atoms with van der Waals surface area (Å²) in [5.41, 5.74) is 2.23. The Bertz CT molecular complexity index is 1290. The van der Waals surface area contributed by atoms with Gasteiger partial charge in [-0.15, -0.1) is 0 Å². The molecule has 0 radical (unpaired) electrons. The van der Waals surface area contributed by atoms with Gasteiger partial charge in [0.15, 0.2) is 11.5 Å². The fourth-order valence-corrected chi connectivity index (χ4v) is 4.45. The highest BCUT2D eigenvalue weighted by Crippen LogP contribution is 2.32. The molecule has 1 aromatic heterocycles. The SMILES string of the molecule is COC(=O)c1c(OCc2ccc(F)cc2)cc(=O)n2c1CCN(Cc1cccc(OC)c1OC)CC2. The summed E-state index contributed by atoms with van der Waals surface area (Å²) < 4.78 is 36.7. The smallest absolute Gasteiger partial charge is 0.343 e. The van der Waals surface area contributed by atoms with Gasteiger partial charge in [0, 0.05) is 49.9 Å². The van der Waals surface area contributed by atoms with Gasteiger partial charge in [0.25, 0.3) is 5.56 Å². The van der Waals surface area contributed by atoms with Crippen molar-refractivity contribution in [2.75, 3.05) is 34.4 Å². The van der Waals surface area contributed by atoms with Crippen molar-refractivity contribution in [2.45, 2.75) is 26.1 Å². The van der Waals surface area contributed by atoms with E-state index in [4.69, 9.17) is 18.9 Å². The largest absolute Gasteiger partial charge is 0.493 e. The quantitative estimate of drug-likeness (QED) is 0.442. The number of halogens is 1. The predicted molar refractivity (Wildman–Crippen MR) is 131 cm³/mol. The Kier molecular flexibility index (Phi) is 7.90. The molecular formula is C27H29FN2O6. The zero-order chi connectivity index (χ0) is 25.7. The molecule has 0 saturated heterocycles. The minimum atomic E-state index is -0.573. The Morgan fingerprint density at radius 2 is 1.75 bits per heavy atom. The minimum Gasteiger partial charge on any atom is -0.493 e. The van der Waals surface area contributed by atoms with E-state index in [1.807, 2.05) is 18.2 Å². The summed E-state index contributed by atoms with van der Waals surface area (Å²) in [4.78, 5) is 28.0. The molecule has 1 aliphatic rings. The molecule has 4 rings (SSSR count). The van der Waals surface area contributed by atoms with Crippen LogP contribution in [0.3, 0.4) is 0 Å². The van der Waals surface area contributed by atoms with Gasteiger partial charge in [-0.3, -0.25) is 9.69 Å². The van der Waals surface area contributed by atoms with Crippen molar-refractivity contribution < 1.29 is 28.1 Å². The second-order valence-corrected chi connectivity index (χ2v) is 8.41. The fraction of sp³-hybridized carbons (Fsp3) is 0.333. The lowest BCUT2D eigenvalue weighted by Crippen LogP contribution is -2.29. The Balaban J connectivity index is 1.60. The monoisotopic (exact) mass is 496 g/mol. The van der Waals surface area contributed by atoms with E-state index in [9.17, 15) is 14.0 Å². The number of nitrogens with zero attached hydrogens (tertiary/aromatic N) is 2. The topological polar surface area (TPSA) is 79.2 Å². The second kappa shape index (κ2) is 11.3. The first-order valence-corrected chi connectivity index (χ1v) is 11.6. The number of benzene rings is 2. The predicted octanol–water partition coefficient (Wildman–Crippen LogP) is 3.43. The van der Waals surface area contributed by atoms with Crippen molar-refractivity contribution in [3.05, 3.63) is 87.1 Å². The van der Waals surface area contributed by atoms with E-state index >= 15 is 0 Å². The first-order chi connectivity index (χ1) is 17.4. The highest BCUT2D eigenvalue weighted by molar-refractivity contribution is 5.93. The number of carbonyl (C=O) groups is 1. The molecule has 190 valence electrons. The number of pyridine rings is 1. The van der Waals surface area contributed by atoms with E-state index in [0.29, 0.717) is 55.4 Å². The maximum atomic E-state index is 13.2. The average Bonchev–Trinajstić information content (AvgIpc) is 3.11. The number of hydrogen-bond donors (Lipinski definition) is 0. The van der Waals surface area contributed by atoms with Crippen LogP contribution in [-0.2, 0) is 30.9 Å². The van der Waals surface area contributed by atoms with Gasteiger partial charge in [0.2, 0.25) is 0 Å². The summed E-state index contributed by atoms with van der Waals surface area (Å²) in [7, 11) is 4.50. The number of rotatable bonds is 8. The van der Waals surface area contributed by atoms with Crippen molar-refractivity contribution >= 4 is 5.97 Å². The Labute approximate surface area is 208 Å². The number of para-hydroxylation sites is 1. The molecule has 36 heavy (non-hydrogen) atoms. The molecule has 1 aliphatic heterocycles. The highest BCUT2D eigenvalue weighted by Gasteiger charge is 2.26. The van der Waals surface area contributed by atoms with Crippen molar-refractivity contribution in [3.8, 4) is 17.2 Å². The Morgan fingerprint density at radius 1 is 0.972 bits per heavy atom. The maximum Gasteiger partial charge on any atom is 0.343 e. The highest BCUT2D eigenvalue weighted by atomic mass is 19.1. The summed E-state index contributed by atoms with van der Waals surface area (Å²) in [5, 5.41) is 0. The lowest BCUT2D eigenvalue weighted by atomic mass is 10.1. The van der Waals surface area contributed by atoms with Crippen LogP contribution in [0, 0.1) is 5.82 Å². The van der Waals surface area contributed by atoms with Crippen molar-refractivity contribution in [3.63, 3.8) is 0 Å². The lowest BCUT2D eigenvalue weighted by Gasteiger charge is -2.21. The molecule has 2 aromatic carbocycles. The third-order valence-corrected chi connectivity index (χ3v) is 6.26. The number of carbonyl (C=O) groups excluding carboxylic acids is 1. The zero-order valence-electron chi connectivity index (χ0n) is 20.6. The first kappa shape index (κ1) is 25.2. The molecule has 0 unspecified atom stereocenters. The number of ether oxygens (including phenoxy) is 4. The molecule has 0 saturated carbocycles. The van der Waals surface area contributed by atoms with Crippen LogP contribution in [0.2, 0.25) is 0 Å². The maximum absolute atomic E-state index is 13.2. The van der Waals surface area contributed by atoms with Gasteiger partial charge < -0.3 is 23.5 Å². The average molecular weight is 497 g/mol. The molecule has 3 aromatic rings. The third kappa shape index (κ3) is 5.36. The normalized spacial score (nSPS) is 13.4. The molecule has 0 spiro atoms. The van der Waals surface area contributed by atoms with Gasteiger partial charge in [-0.05, 0) is 23.8 Å². The fourth-order valence-electron chi connectivity index (χ4n) is 4.45.